The number of allylic oxidation sites excluding steroid dienone is 6. The van der Waals surface area contributed by atoms with Crippen molar-refractivity contribution in [1.29, 1.82) is 0 Å². The number of aliphatic hydroxyl groups excluding tert-OH is 1. The summed E-state index contributed by atoms with van der Waals surface area (Å²) >= 11 is 0. The first-order chi connectivity index (χ1) is 12.2. The molecule has 2 saturated carbocycles. The van der Waals surface area contributed by atoms with Gasteiger partial charge in [-0.3, -0.25) is 9.59 Å². The normalized spacial score (nSPS) is 46.8. The lowest BCUT2D eigenvalue weighted by Gasteiger charge is -2.64. The molecule has 4 aliphatic carbocycles. The number of carbonyl (C=O) groups excluding carboxylic acids is 2. The van der Waals surface area contributed by atoms with E-state index in [0.29, 0.717) is 24.7 Å². The largest absolute Gasteiger partial charge is 0.392 e. The minimum absolute atomic E-state index is 0.0630. The predicted molar refractivity (Wildman–Crippen MR) is 101 cm³/mol. The van der Waals surface area contributed by atoms with Gasteiger partial charge in [0, 0.05) is 22.7 Å². The third kappa shape index (κ3) is 1.98. The zero-order valence-electron chi connectivity index (χ0n) is 16.3. The number of Topliss-reactive ketones (excluding diaryl/α,β-unsaturated/α-hetero) is 1. The molecule has 0 amide bonds. The maximum absolute atomic E-state index is 12.5. The fourth-order valence-corrected chi connectivity index (χ4v) is 6.84. The Morgan fingerprint density at radius 1 is 1.27 bits per heavy atom. The lowest BCUT2D eigenvalue weighted by molar-refractivity contribution is -0.164. The summed E-state index contributed by atoms with van der Waals surface area (Å²) in [5.74, 6) is 1.03. The van der Waals surface area contributed by atoms with Gasteiger partial charge >= 0.3 is 0 Å². The molecule has 4 aliphatic rings. The van der Waals surface area contributed by atoms with E-state index in [0.717, 1.165) is 24.8 Å². The quantitative estimate of drug-likeness (QED) is 0.810. The van der Waals surface area contributed by atoms with Crippen molar-refractivity contribution in [3.63, 3.8) is 0 Å². The van der Waals surface area contributed by atoms with Crippen LogP contribution in [0, 0.1) is 28.1 Å². The van der Waals surface area contributed by atoms with Gasteiger partial charge < -0.3 is 5.11 Å². The smallest absolute Gasteiger partial charge is 0.178 e. The molecule has 0 aliphatic heterocycles. The van der Waals surface area contributed by atoms with E-state index in [1.807, 2.05) is 13.0 Å². The number of rotatable bonds is 2. The monoisotopic (exact) mass is 354 g/mol. The molecule has 140 valence electrons. The van der Waals surface area contributed by atoms with Crippen LogP contribution >= 0.6 is 0 Å². The van der Waals surface area contributed by atoms with Crippen LogP contribution in [0.5, 0.6) is 0 Å². The Kier molecular flexibility index (Phi) is 3.80. The van der Waals surface area contributed by atoms with Crippen LogP contribution in [0.4, 0.5) is 0 Å². The van der Waals surface area contributed by atoms with Gasteiger partial charge in [0.25, 0.3) is 0 Å². The van der Waals surface area contributed by atoms with E-state index in [1.165, 1.54) is 5.57 Å². The Hall–Kier alpha value is -1.48. The van der Waals surface area contributed by atoms with Crippen molar-refractivity contribution in [1.82, 2.24) is 0 Å². The Morgan fingerprint density at radius 2 is 2.00 bits per heavy atom. The topological polar surface area (TPSA) is 54.4 Å². The van der Waals surface area contributed by atoms with Crippen molar-refractivity contribution in [2.75, 3.05) is 0 Å². The van der Waals surface area contributed by atoms with Crippen LogP contribution in [0.3, 0.4) is 0 Å². The predicted octanol–water partition coefficient (Wildman–Crippen LogP) is 4.17. The molecule has 0 unspecified atom stereocenters. The fraction of sp³-hybridized carbons (Fsp3) is 0.652. The zero-order chi connectivity index (χ0) is 18.9. The van der Waals surface area contributed by atoms with Crippen molar-refractivity contribution >= 4 is 11.6 Å². The van der Waals surface area contributed by atoms with Gasteiger partial charge in [0.2, 0.25) is 0 Å². The van der Waals surface area contributed by atoms with Gasteiger partial charge in [0.15, 0.2) is 11.6 Å². The number of fused-ring (bicyclic) bond motifs is 5. The maximum atomic E-state index is 12.5. The summed E-state index contributed by atoms with van der Waals surface area (Å²) in [7, 11) is 0. The number of hydrogen-bond donors (Lipinski definition) is 1. The Morgan fingerprint density at radius 3 is 2.69 bits per heavy atom. The summed E-state index contributed by atoms with van der Waals surface area (Å²) in [6.45, 7) is 8.53. The first-order valence-corrected chi connectivity index (χ1v) is 10.0. The van der Waals surface area contributed by atoms with Crippen LogP contribution in [-0.4, -0.2) is 22.8 Å². The lowest BCUT2D eigenvalue weighted by Crippen LogP contribution is -2.62. The summed E-state index contributed by atoms with van der Waals surface area (Å²) in [6, 6.07) is 0. The molecule has 0 bridgehead atoms. The Balaban J connectivity index is 1.79. The third-order valence-electron chi connectivity index (χ3n) is 8.60. The van der Waals surface area contributed by atoms with Gasteiger partial charge in [-0.25, -0.2) is 0 Å². The molecule has 0 spiro atoms. The minimum atomic E-state index is -0.494. The van der Waals surface area contributed by atoms with Crippen LogP contribution in [0.1, 0.15) is 59.8 Å². The molecule has 0 saturated heterocycles. The molecule has 0 radical (unpaired) electrons. The van der Waals surface area contributed by atoms with Gasteiger partial charge in [-0.05, 0) is 55.2 Å². The van der Waals surface area contributed by atoms with Crippen molar-refractivity contribution in [2.24, 2.45) is 28.1 Å². The van der Waals surface area contributed by atoms with E-state index in [1.54, 1.807) is 12.2 Å². The molecule has 3 nitrogen and oxygen atoms in total. The first kappa shape index (κ1) is 17.9. The Labute approximate surface area is 156 Å². The van der Waals surface area contributed by atoms with Crippen molar-refractivity contribution < 1.29 is 14.7 Å². The molecule has 2 fully saturated rings. The third-order valence-corrected chi connectivity index (χ3v) is 8.60. The minimum Gasteiger partial charge on any atom is -0.392 e. The second kappa shape index (κ2) is 5.51. The average Bonchev–Trinajstić information content (AvgIpc) is 2.93. The van der Waals surface area contributed by atoms with Crippen LogP contribution in [-0.2, 0) is 9.59 Å². The summed E-state index contributed by atoms with van der Waals surface area (Å²) in [5, 5.41) is 11.4. The van der Waals surface area contributed by atoms with E-state index in [-0.39, 0.29) is 27.8 Å². The van der Waals surface area contributed by atoms with E-state index < -0.39 is 6.10 Å². The fourth-order valence-electron chi connectivity index (χ4n) is 6.84. The molecule has 0 aromatic heterocycles. The second-order valence-corrected chi connectivity index (χ2v) is 9.41. The highest BCUT2D eigenvalue weighted by molar-refractivity contribution is 6.01. The molecule has 0 aromatic rings. The number of carbonyl (C=O) groups is 2. The van der Waals surface area contributed by atoms with Gasteiger partial charge in [0.1, 0.15) is 0 Å². The van der Waals surface area contributed by atoms with Gasteiger partial charge in [0.05, 0.1) is 6.10 Å². The zero-order valence-corrected chi connectivity index (χ0v) is 16.3. The lowest BCUT2D eigenvalue weighted by atomic mass is 9.40. The maximum Gasteiger partial charge on any atom is 0.178 e. The second-order valence-electron chi connectivity index (χ2n) is 9.41. The van der Waals surface area contributed by atoms with Gasteiger partial charge in [-0.1, -0.05) is 45.4 Å². The molecule has 0 aromatic carbocycles. The first-order valence-electron chi connectivity index (χ1n) is 10.0. The van der Waals surface area contributed by atoms with Gasteiger partial charge in [-0.15, -0.1) is 0 Å². The number of aliphatic hydroxyl groups is 1. The summed E-state index contributed by atoms with van der Waals surface area (Å²) in [4.78, 5) is 24.5. The molecule has 6 atom stereocenters. The highest BCUT2D eigenvalue weighted by atomic mass is 16.3. The highest BCUT2D eigenvalue weighted by Gasteiger charge is 2.66. The average molecular weight is 354 g/mol. The van der Waals surface area contributed by atoms with E-state index in [2.05, 4.69) is 26.8 Å². The highest BCUT2D eigenvalue weighted by Crippen LogP contribution is 2.70. The molecule has 1 N–H and O–H groups in total. The van der Waals surface area contributed by atoms with Gasteiger partial charge in [-0.2, -0.15) is 0 Å². The van der Waals surface area contributed by atoms with Crippen molar-refractivity contribution in [3.05, 3.63) is 35.5 Å². The molecular weight excluding hydrogens is 324 g/mol. The summed E-state index contributed by atoms with van der Waals surface area (Å²) in [6.07, 6.45) is 11.2. The molecule has 3 heteroatoms. The number of ketones is 2. The van der Waals surface area contributed by atoms with E-state index in [4.69, 9.17) is 0 Å². The summed E-state index contributed by atoms with van der Waals surface area (Å²) in [5.41, 5.74) is 1.30. The van der Waals surface area contributed by atoms with E-state index in [9.17, 15) is 14.7 Å². The molecule has 0 heterocycles. The van der Waals surface area contributed by atoms with Crippen LogP contribution in [0.15, 0.2) is 35.5 Å². The molecular formula is C23H30O3. The molecule has 4 rings (SSSR count). The van der Waals surface area contributed by atoms with Crippen LogP contribution < -0.4 is 0 Å². The standard InChI is InChI=1S/C23H30O3/c1-5-19(25)18-9-8-16-17-7-6-14-12-15(24)10-11-22(14,3)23(17,4)20(26)13-21(16,18)2/h9-12,16-17,20,26H,5-8,13H2,1-4H3/t16-,17-,20-,21-,22-,23+/m0/s1. The van der Waals surface area contributed by atoms with Crippen LogP contribution in [0.2, 0.25) is 0 Å². The Bertz CT molecular complexity index is 772. The number of hydrogen-bond acceptors (Lipinski definition) is 3. The van der Waals surface area contributed by atoms with Crippen LogP contribution in [0.25, 0.3) is 0 Å². The summed E-state index contributed by atoms with van der Waals surface area (Å²) < 4.78 is 0. The SMILES string of the molecule is CCC(=O)C1=CC[C@H]2[C@@H]3CCC4=CC(=O)C=C[C@]4(C)[C@@]3(C)[C@@H](O)C[C@]12C. The van der Waals surface area contributed by atoms with E-state index >= 15 is 0 Å². The van der Waals surface area contributed by atoms with Crippen molar-refractivity contribution in [3.8, 4) is 0 Å². The van der Waals surface area contributed by atoms with Crippen molar-refractivity contribution in [2.45, 2.75) is 65.9 Å². The molecule has 26 heavy (non-hydrogen) atoms.